The summed E-state index contributed by atoms with van der Waals surface area (Å²) in [5, 5.41) is 6.90. The first kappa shape index (κ1) is 12.8. The maximum absolute atomic E-state index is 4.42. The van der Waals surface area contributed by atoms with Crippen LogP contribution in [0.15, 0.2) is 16.7 Å². The minimum Gasteiger partial charge on any atom is -0.369 e. The van der Waals surface area contributed by atoms with Gasteiger partial charge in [-0.15, -0.1) is 0 Å². The Labute approximate surface area is 112 Å². The molecule has 1 aromatic rings. The van der Waals surface area contributed by atoms with E-state index in [0.29, 0.717) is 5.41 Å². The van der Waals surface area contributed by atoms with Gasteiger partial charge in [-0.3, -0.25) is 0 Å². The Kier molecular flexibility index (Phi) is 4.05. The van der Waals surface area contributed by atoms with E-state index in [1.807, 2.05) is 6.20 Å². The number of aryl methyl sites for hydroxylation is 1. The number of anilines is 1. The maximum atomic E-state index is 4.42. The molecule has 94 valence electrons. The summed E-state index contributed by atoms with van der Waals surface area (Å²) in [5.41, 5.74) is 1.59. The van der Waals surface area contributed by atoms with Crippen molar-refractivity contribution >= 4 is 21.7 Å². The summed E-state index contributed by atoms with van der Waals surface area (Å²) in [7, 11) is 0. The van der Waals surface area contributed by atoms with E-state index in [1.54, 1.807) is 0 Å². The van der Waals surface area contributed by atoms with Gasteiger partial charge in [0.25, 0.3) is 0 Å². The van der Waals surface area contributed by atoms with Crippen molar-refractivity contribution < 1.29 is 0 Å². The Morgan fingerprint density at radius 3 is 2.82 bits per heavy atom. The SMILES string of the molecule is Cc1cc(Br)cnc1NCC1(C)CCNCC1. The number of hydrogen-bond acceptors (Lipinski definition) is 3. The van der Waals surface area contributed by atoms with E-state index in [0.717, 1.165) is 29.9 Å². The van der Waals surface area contributed by atoms with E-state index < -0.39 is 0 Å². The normalized spacial score (nSPS) is 19.0. The van der Waals surface area contributed by atoms with Gasteiger partial charge in [0.15, 0.2) is 0 Å². The zero-order valence-corrected chi connectivity index (χ0v) is 12.1. The highest BCUT2D eigenvalue weighted by atomic mass is 79.9. The Hall–Kier alpha value is -0.610. The second-order valence-corrected chi connectivity index (χ2v) is 6.15. The summed E-state index contributed by atoms with van der Waals surface area (Å²) in [5.74, 6) is 1.01. The third-order valence-corrected chi connectivity index (χ3v) is 3.97. The van der Waals surface area contributed by atoms with Crippen LogP contribution < -0.4 is 10.6 Å². The van der Waals surface area contributed by atoms with Crippen molar-refractivity contribution in [1.82, 2.24) is 10.3 Å². The molecule has 1 aliphatic heterocycles. The number of pyridine rings is 1. The van der Waals surface area contributed by atoms with Crippen LogP contribution in [0.2, 0.25) is 0 Å². The highest BCUT2D eigenvalue weighted by Gasteiger charge is 2.26. The second kappa shape index (κ2) is 5.36. The van der Waals surface area contributed by atoms with Crippen LogP contribution in [0, 0.1) is 12.3 Å². The molecule has 2 heterocycles. The minimum absolute atomic E-state index is 0.395. The van der Waals surface area contributed by atoms with Crippen LogP contribution >= 0.6 is 15.9 Å². The molecule has 0 radical (unpaired) electrons. The molecule has 1 aliphatic rings. The van der Waals surface area contributed by atoms with E-state index in [-0.39, 0.29) is 0 Å². The molecule has 0 spiro atoms. The van der Waals surface area contributed by atoms with Crippen molar-refractivity contribution in [1.29, 1.82) is 0 Å². The average Bonchev–Trinajstić information content (AvgIpc) is 2.29. The molecule has 0 unspecified atom stereocenters. The molecule has 17 heavy (non-hydrogen) atoms. The fourth-order valence-corrected chi connectivity index (χ4v) is 2.68. The predicted octanol–water partition coefficient (Wildman–Crippen LogP) is 2.95. The molecular weight excluding hydrogens is 278 g/mol. The third kappa shape index (κ3) is 3.42. The van der Waals surface area contributed by atoms with Crippen LogP contribution in [0.3, 0.4) is 0 Å². The van der Waals surface area contributed by atoms with Gasteiger partial charge in [0.1, 0.15) is 5.82 Å². The molecule has 2 N–H and O–H groups in total. The van der Waals surface area contributed by atoms with Crippen LogP contribution in [-0.2, 0) is 0 Å². The summed E-state index contributed by atoms with van der Waals surface area (Å²) < 4.78 is 1.04. The maximum Gasteiger partial charge on any atom is 0.128 e. The van der Waals surface area contributed by atoms with Gasteiger partial charge in [-0.05, 0) is 65.8 Å². The molecule has 1 aromatic heterocycles. The standard InChI is InChI=1S/C13H20BrN3/c1-10-7-11(14)8-16-12(10)17-9-13(2)3-5-15-6-4-13/h7-8,15H,3-6,9H2,1-2H3,(H,16,17). The molecule has 0 aliphatic carbocycles. The van der Waals surface area contributed by atoms with Crippen LogP contribution in [0.4, 0.5) is 5.82 Å². The number of piperidine rings is 1. The first-order valence-corrected chi connectivity index (χ1v) is 6.95. The van der Waals surface area contributed by atoms with Crippen LogP contribution in [0.1, 0.15) is 25.3 Å². The highest BCUT2D eigenvalue weighted by molar-refractivity contribution is 9.10. The van der Waals surface area contributed by atoms with Crippen molar-refractivity contribution in [2.24, 2.45) is 5.41 Å². The number of hydrogen-bond donors (Lipinski definition) is 2. The Morgan fingerprint density at radius 2 is 2.18 bits per heavy atom. The van der Waals surface area contributed by atoms with Gasteiger partial charge in [-0.2, -0.15) is 0 Å². The van der Waals surface area contributed by atoms with E-state index in [9.17, 15) is 0 Å². The molecule has 0 aromatic carbocycles. The monoisotopic (exact) mass is 297 g/mol. The number of aromatic nitrogens is 1. The van der Waals surface area contributed by atoms with Crippen LogP contribution in [0.25, 0.3) is 0 Å². The number of rotatable bonds is 3. The van der Waals surface area contributed by atoms with Gasteiger partial charge in [0, 0.05) is 17.2 Å². The Bertz CT molecular complexity index is 386. The predicted molar refractivity (Wildman–Crippen MR) is 75.4 cm³/mol. The lowest BCUT2D eigenvalue weighted by Gasteiger charge is -2.34. The molecule has 4 heteroatoms. The second-order valence-electron chi connectivity index (χ2n) is 5.23. The topological polar surface area (TPSA) is 37.0 Å². The van der Waals surface area contributed by atoms with Gasteiger partial charge in [0.05, 0.1) is 0 Å². The van der Waals surface area contributed by atoms with Crippen molar-refractivity contribution in [3.05, 3.63) is 22.3 Å². The van der Waals surface area contributed by atoms with E-state index in [4.69, 9.17) is 0 Å². The van der Waals surface area contributed by atoms with E-state index in [1.165, 1.54) is 18.4 Å². The lowest BCUT2D eigenvalue weighted by molar-refractivity contribution is 0.247. The lowest BCUT2D eigenvalue weighted by atomic mass is 9.81. The number of halogens is 1. The van der Waals surface area contributed by atoms with Gasteiger partial charge < -0.3 is 10.6 Å². The van der Waals surface area contributed by atoms with Crippen molar-refractivity contribution in [3.63, 3.8) is 0 Å². The highest BCUT2D eigenvalue weighted by Crippen LogP contribution is 2.28. The average molecular weight is 298 g/mol. The fourth-order valence-electron chi connectivity index (χ4n) is 2.23. The first-order chi connectivity index (χ1) is 8.09. The van der Waals surface area contributed by atoms with E-state index >= 15 is 0 Å². The van der Waals surface area contributed by atoms with E-state index in [2.05, 4.69) is 51.5 Å². The largest absolute Gasteiger partial charge is 0.369 e. The quantitative estimate of drug-likeness (QED) is 0.901. The van der Waals surface area contributed by atoms with Gasteiger partial charge in [0.2, 0.25) is 0 Å². The first-order valence-electron chi connectivity index (χ1n) is 6.16. The van der Waals surface area contributed by atoms with Crippen LogP contribution in [0.5, 0.6) is 0 Å². The van der Waals surface area contributed by atoms with Crippen molar-refractivity contribution in [2.75, 3.05) is 25.0 Å². The molecule has 0 bridgehead atoms. The van der Waals surface area contributed by atoms with Crippen LogP contribution in [-0.4, -0.2) is 24.6 Å². The molecule has 0 atom stereocenters. The number of nitrogens with one attached hydrogen (secondary N) is 2. The van der Waals surface area contributed by atoms with Crippen molar-refractivity contribution in [2.45, 2.75) is 26.7 Å². The third-order valence-electron chi connectivity index (χ3n) is 3.54. The van der Waals surface area contributed by atoms with Crippen molar-refractivity contribution in [3.8, 4) is 0 Å². The molecule has 2 rings (SSSR count). The summed E-state index contributed by atoms with van der Waals surface area (Å²) in [6, 6.07) is 2.10. The lowest BCUT2D eigenvalue weighted by Crippen LogP contribution is -2.39. The zero-order valence-electron chi connectivity index (χ0n) is 10.5. The molecule has 0 saturated carbocycles. The van der Waals surface area contributed by atoms with Gasteiger partial charge in [-0.25, -0.2) is 4.98 Å². The molecule has 0 amide bonds. The summed E-state index contributed by atoms with van der Waals surface area (Å²) in [6.45, 7) is 7.71. The fraction of sp³-hybridized carbons (Fsp3) is 0.615. The van der Waals surface area contributed by atoms with Gasteiger partial charge in [-0.1, -0.05) is 6.92 Å². The summed E-state index contributed by atoms with van der Waals surface area (Å²) in [4.78, 5) is 4.42. The molecule has 3 nitrogen and oxygen atoms in total. The molecular formula is C13H20BrN3. The minimum atomic E-state index is 0.395. The summed E-state index contributed by atoms with van der Waals surface area (Å²) in [6.07, 6.45) is 4.31. The molecule has 1 saturated heterocycles. The van der Waals surface area contributed by atoms with Gasteiger partial charge >= 0.3 is 0 Å². The smallest absolute Gasteiger partial charge is 0.128 e. The Balaban J connectivity index is 1.97. The Morgan fingerprint density at radius 1 is 1.47 bits per heavy atom. The zero-order chi connectivity index (χ0) is 12.3. The number of nitrogens with zero attached hydrogens (tertiary/aromatic N) is 1. The summed E-state index contributed by atoms with van der Waals surface area (Å²) >= 11 is 3.44. The molecule has 1 fully saturated rings.